The number of rotatable bonds is 2. The van der Waals surface area contributed by atoms with Crippen LogP contribution in [-0.4, -0.2) is 26.2 Å². The van der Waals surface area contributed by atoms with E-state index in [2.05, 4.69) is 15.3 Å². The SMILES string of the molecule is Cc1n[nH]c(=S)n(/N=C\c2cc(C(C)(C)C)c(O)c(C(C)(C)C)c2)c1=O. The van der Waals surface area contributed by atoms with E-state index in [1.807, 2.05) is 53.7 Å². The maximum Gasteiger partial charge on any atom is 0.296 e. The number of nitrogens with zero attached hydrogens (tertiary/aromatic N) is 3. The standard InChI is InChI=1S/C19H26N4O2S/c1-11-16(25)23(17(26)22-21-11)20-10-12-8-13(18(2,3)4)15(24)14(9-12)19(5,6)7/h8-10,24H,1-7H3,(H,22,26)/b20-10-. The monoisotopic (exact) mass is 374 g/mol. The zero-order valence-electron chi connectivity index (χ0n) is 16.3. The van der Waals surface area contributed by atoms with Gasteiger partial charge in [0.1, 0.15) is 11.4 Å². The summed E-state index contributed by atoms with van der Waals surface area (Å²) in [5.41, 5.74) is 1.88. The minimum Gasteiger partial charge on any atom is -0.507 e. The molecule has 0 amide bonds. The molecule has 2 aromatic rings. The first-order chi connectivity index (χ1) is 11.8. The summed E-state index contributed by atoms with van der Waals surface area (Å²) < 4.78 is 1.24. The molecule has 2 rings (SSSR count). The molecule has 7 heteroatoms. The topological polar surface area (TPSA) is 83.3 Å². The fraction of sp³-hybridized carbons (Fsp3) is 0.474. The Hall–Kier alpha value is -2.28. The van der Waals surface area contributed by atoms with Crippen LogP contribution in [-0.2, 0) is 10.8 Å². The molecule has 0 aliphatic heterocycles. The number of aromatic nitrogens is 3. The summed E-state index contributed by atoms with van der Waals surface area (Å²) >= 11 is 5.10. The van der Waals surface area contributed by atoms with Crippen LogP contribution >= 0.6 is 12.2 Å². The van der Waals surface area contributed by atoms with Gasteiger partial charge in [-0.15, -0.1) is 0 Å². The number of H-pyrrole nitrogens is 1. The Morgan fingerprint density at radius 2 is 1.65 bits per heavy atom. The number of nitrogens with one attached hydrogen (secondary N) is 1. The predicted molar refractivity (Wildman–Crippen MR) is 107 cm³/mol. The lowest BCUT2D eigenvalue weighted by atomic mass is 9.78. The molecule has 0 fully saturated rings. The maximum atomic E-state index is 12.2. The van der Waals surface area contributed by atoms with E-state index in [4.69, 9.17) is 12.2 Å². The Kier molecular flexibility index (Phi) is 5.24. The van der Waals surface area contributed by atoms with Crippen molar-refractivity contribution >= 4 is 18.4 Å². The average molecular weight is 375 g/mol. The van der Waals surface area contributed by atoms with Crippen LogP contribution in [0.3, 0.4) is 0 Å². The third-order valence-electron chi connectivity index (χ3n) is 4.08. The van der Waals surface area contributed by atoms with Gasteiger partial charge in [0.25, 0.3) is 5.56 Å². The first-order valence-corrected chi connectivity index (χ1v) is 8.84. The quantitative estimate of drug-likeness (QED) is 0.619. The van der Waals surface area contributed by atoms with Gasteiger partial charge in [0, 0.05) is 11.1 Å². The summed E-state index contributed by atoms with van der Waals surface area (Å²) in [5, 5.41) is 21.4. The van der Waals surface area contributed by atoms with Gasteiger partial charge < -0.3 is 5.11 Å². The molecule has 1 aromatic carbocycles. The Labute approximate surface area is 158 Å². The van der Waals surface area contributed by atoms with E-state index >= 15 is 0 Å². The number of aryl methyl sites for hydroxylation is 1. The zero-order chi connectivity index (χ0) is 19.9. The lowest BCUT2D eigenvalue weighted by molar-refractivity contribution is 0.423. The summed E-state index contributed by atoms with van der Waals surface area (Å²) in [6.45, 7) is 13.9. The normalized spacial score (nSPS) is 12.7. The molecule has 0 saturated carbocycles. The summed E-state index contributed by atoms with van der Waals surface area (Å²) in [6.07, 6.45) is 1.58. The summed E-state index contributed by atoms with van der Waals surface area (Å²) in [6, 6.07) is 3.78. The number of hydrogen-bond donors (Lipinski definition) is 2. The van der Waals surface area contributed by atoms with Crippen molar-refractivity contribution in [1.29, 1.82) is 0 Å². The largest absolute Gasteiger partial charge is 0.507 e. The van der Waals surface area contributed by atoms with Crippen molar-refractivity contribution in [3.63, 3.8) is 0 Å². The molecule has 0 unspecified atom stereocenters. The van der Waals surface area contributed by atoms with E-state index < -0.39 is 0 Å². The summed E-state index contributed by atoms with van der Waals surface area (Å²) in [4.78, 5) is 12.2. The van der Waals surface area contributed by atoms with Crippen molar-refractivity contribution in [1.82, 2.24) is 14.9 Å². The molecule has 1 heterocycles. The van der Waals surface area contributed by atoms with Gasteiger partial charge in [-0.3, -0.25) is 9.89 Å². The molecule has 0 aliphatic carbocycles. The molecule has 0 atom stereocenters. The van der Waals surface area contributed by atoms with Crippen LogP contribution in [0.1, 0.15) is 63.9 Å². The molecular weight excluding hydrogens is 348 g/mol. The molecule has 140 valence electrons. The number of benzene rings is 1. The van der Waals surface area contributed by atoms with E-state index in [1.165, 1.54) is 0 Å². The maximum absolute atomic E-state index is 12.2. The minimum absolute atomic E-state index is 0.128. The molecule has 0 saturated heterocycles. The Morgan fingerprint density at radius 3 is 2.12 bits per heavy atom. The Bertz CT molecular complexity index is 938. The third-order valence-corrected chi connectivity index (χ3v) is 4.35. The first-order valence-electron chi connectivity index (χ1n) is 8.43. The van der Waals surface area contributed by atoms with Crippen LogP contribution in [0.25, 0.3) is 0 Å². The van der Waals surface area contributed by atoms with Crippen molar-refractivity contribution in [2.45, 2.75) is 59.3 Å². The molecule has 2 N–H and O–H groups in total. The van der Waals surface area contributed by atoms with Gasteiger partial charge >= 0.3 is 0 Å². The van der Waals surface area contributed by atoms with Gasteiger partial charge in [0.15, 0.2) is 0 Å². The van der Waals surface area contributed by atoms with Gasteiger partial charge in [-0.25, -0.2) is 0 Å². The van der Waals surface area contributed by atoms with E-state index in [0.717, 1.165) is 21.4 Å². The van der Waals surface area contributed by atoms with Gasteiger partial charge in [0.05, 0.1) is 6.21 Å². The lowest BCUT2D eigenvalue weighted by Crippen LogP contribution is -2.22. The summed E-state index contributed by atoms with van der Waals surface area (Å²) in [7, 11) is 0. The molecule has 1 aromatic heterocycles. The van der Waals surface area contributed by atoms with Crippen molar-refractivity contribution in [2.24, 2.45) is 5.10 Å². The highest BCUT2D eigenvalue weighted by Gasteiger charge is 2.26. The molecule has 0 aliphatic rings. The van der Waals surface area contributed by atoms with Crippen molar-refractivity contribution in [3.8, 4) is 5.75 Å². The van der Waals surface area contributed by atoms with E-state index in [0.29, 0.717) is 5.75 Å². The Balaban J connectivity index is 2.67. The van der Waals surface area contributed by atoms with E-state index in [1.54, 1.807) is 13.1 Å². The second-order valence-corrected chi connectivity index (χ2v) is 8.83. The van der Waals surface area contributed by atoms with Crippen molar-refractivity contribution in [2.75, 3.05) is 0 Å². The number of aromatic amines is 1. The second kappa shape index (κ2) is 6.79. The van der Waals surface area contributed by atoms with Crippen LogP contribution in [0.15, 0.2) is 22.0 Å². The number of phenolic OH excluding ortho intramolecular Hbond substituents is 1. The van der Waals surface area contributed by atoms with E-state index in [-0.39, 0.29) is 26.9 Å². The number of aromatic hydroxyl groups is 1. The van der Waals surface area contributed by atoms with Crippen LogP contribution in [0, 0.1) is 11.7 Å². The van der Waals surface area contributed by atoms with Gasteiger partial charge in [-0.1, -0.05) is 41.5 Å². The van der Waals surface area contributed by atoms with Crippen molar-refractivity contribution < 1.29 is 5.11 Å². The number of phenols is 1. The zero-order valence-corrected chi connectivity index (χ0v) is 17.2. The second-order valence-electron chi connectivity index (χ2n) is 8.44. The fourth-order valence-electron chi connectivity index (χ4n) is 2.58. The minimum atomic E-state index is -0.365. The smallest absolute Gasteiger partial charge is 0.296 e. The van der Waals surface area contributed by atoms with Gasteiger partial charge in [-0.05, 0) is 47.7 Å². The van der Waals surface area contributed by atoms with Crippen LogP contribution in [0.5, 0.6) is 5.75 Å². The average Bonchev–Trinajstić information content (AvgIpc) is 2.50. The highest BCUT2D eigenvalue weighted by atomic mass is 32.1. The molecule has 0 spiro atoms. The highest BCUT2D eigenvalue weighted by molar-refractivity contribution is 7.71. The van der Waals surface area contributed by atoms with Crippen LogP contribution < -0.4 is 5.56 Å². The third kappa shape index (κ3) is 4.09. The van der Waals surface area contributed by atoms with E-state index in [9.17, 15) is 9.90 Å². The predicted octanol–water partition coefficient (Wildman–Crippen LogP) is 3.79. The molecule has 6 nitrogen and oxygen atoms in total. The first kappa shape index (κ1) is 20.0. The molecular formula is C19H26N4O2S. The molecule has 0 bridgehead atoms. The lowest BCUT2D eigenvalue weighted by Gasteiger charge is -2.27. The fourth-order valence-corrected chi connectivity index (χ4v) is 2.75. The van der Waals surface area contributed by atoms with Crippen LogP contribution in [0.2, 0.25) is 0 Å². The number of hydrogen-bond acceptors (Lipinski definition) is 5. The van der Waals surface area contributed by atoms with Gasteiger partial charge in [-0.2, -0.15) is 14.9 Å². The highest BCUT2D eigenvalue weighted by Crippen LogP contribution is 2.39. The Morgan fingerprint density at radius 1 is 1.15 bits per heavy atom. The molecule has 26 heavy (non-hydrogen) atoms. The van der Waals surface area contributed by atoms with Crippen LogP contribution in [0.4, 0.5) is 0 Å². The molecule has 0 radical (unpaired) electrons. The van der Waals surface area contributed by atoms with Crippen molar-refractivity contribution in [3.05, 3.63) is 49.6 Å². The summed E-state index contributed by atoms with van der Waals surface area (Å²) in [5.74, 6) is 0.302. The van der Waals surface area contributed by atoms with Gasteiger partial charge in [0.2, 0.25) is 4.77 Å².